The monoisotopic (exact) mass is 379 g/mol. The highest BCUT2D eigenvalue weighted by molar-refractivity contribution is 8.00. The van der Waals surface area contributed by atoms with E-state index in [1.807, 2.05) is 38.3 Å². The molecular weight excluding hydrogens is 362 g/mol. The zero-order chi connectivity index (χ0) is 17.1. The number of nitrogens with one attached hydrogen (secondary N) is 1. The van der Waals surface area contributed by atoms with Crippen LogP contribution in [0.15, 0.2) is 22.5 Å². The van der Waals surface area contributed by atoms with Gasteiger partial charge < -0.3 is 10.1 Å². The van der Waals surface area contributed by atoms with Crippen molar-refractivity contribution in [3.05, 3.63) is 28.8 Å². The van der Waals surface area contributed by atoms with Crippen LogP contribution in [0.4, 0.5) is 5.13 Å². The van der Waals surface area contributed by atoms with Crippen LogP contribution in [0.1, 0.15) is 17.5 Å². The molecule has 0 spiro atoms. The Kier molecular flexibility index (Phi) is 5.37. The number of aromatic nitrogens is 2. The van der Waals surface area contributed by atoms with Crippen LogP contribution in [0, 0.1) is 6.92 Å². The lowest BCUT2D eigenvalue weighted by atomic mass is 10.3. The van der Waals surface area contributed by atoms with Crippen LogP contribution in [0.25, 0.3) is 10.2 Å². The summed E-state index contributed by atoms with van der Waals surface area (Å²) >= 11 is 4.62. The average molecular weight is 380 g/mol. The molecule has 0 atom stereocenters. The molecule has 1 aromatic carbocycles. The van der Waals surface area contributed by atoms with E-state index < -0.39 is 0 Å². The standard InChI is InChI=1S/C16H17N3O2S3/c1-4-21-10-5-6-11-13(7-10)23-15(18-11)19-14(20)8-12-9(2)17-16(22-3)24-12/h5-7H,4,8H2,1-3H3,(H,18,19,20). The molecule has 2 aromatic heterocycles. The summed E-state index contributed by atoms with van der Waals surface area (Å²) in [4.78, 5) is 22.2. The summed E-state index contributed by atoms with van der Waals surface area (Å²) in [6.07, 6.45) is 2.31. The third kappa shape index (κ3) is 3.88. The molecule has 5 nitrogen and oxygen atoms in total. The van der Waals surface area contributed by atoms with E-state index in [2.05, 4.69) is 15.3 Å². The molecule has 0 fully saturated rings. The van der Waals surface area contributed by atoms with E-state index in [4.69, 9.17) is 4.74 Å². The molecule has 3 aromatic rings. The molecule has 0 aliphatic heterocycles. The number of aryl methyl sites for hydroxylation is 1. The van der Waals surface area contributed by atoms with Crippen LogP contribution in [-0.2, 0) is 11.2 Å². The van der Waals surface area contributed by atoms with Gasteiger partial charge in [-0.2, -0.15) is 0 Å². The van der Waals surface area contributed by atoms with Crippen molar-refractivity contribution in [3.8, 4) is 5.75 Å². The van der Waals surface area contributed by atoms with E-state index in [0.717, 1.165) is 30.9 Å². The van der Waals surface area contributed by atoms with Crippen molar-refractivity contribution in [2.24, 2.45) is 0 Å². The van der Waals surface area contributed by atoms with Crippen LogP contribution in [-0.4, -0.2) is 28.7 Å². The molecule has 8 heteroatoms. The van der Waals surface area contributed by atoms with Crippen molar-refractivity contribution >= 4 is 55.7 Å². The Morgan fingerprint density at radius 2 is 2.17 bits per heavy atom. The van der Waals surface area contributed by atoms with Crippen molar-refractivity contribution in [2.45, 2.75) is 24.6 Å². The normalized spacial score (nSPS) is 11.0. The number of rotatable bonds is 6. The van der Waals surface area contributed by atoms with Crippen LogP contribution >= 0.6 is 34.4 Å². The summed E-state index contributed by atoms with van der Waals surface area (Å²) in [7, 11) is 0. The molecule has 0 aliphatic carbocycles. The highest BCUT2D eigenvalue weighted by atomic mass is 32.2. The van der Waals surface area contributed by atoms with Crippen molar-refractivity contribution < 1.29 is 9.53 Å². The fourth-order valence-electron chi connectivity index (χ4n) is 2.18. The second-order valence-electron chi connectivity index (χ2n) is 5.00. The van der Waals surface area contributed by atoms with Crippen molar-refractivity contribution in [1.82, 2.24) is 9.97 Å². The van der Waals surface area contributed by atoms with Gasteiger partial charge in [-0.15, -0.1) is 11.3 Å². The van der Waals surface area contributed by atoms with Crippen molar-refractivity contribution in [1.29, 1.82) is 0 Å². The number of thioether (sulfide) groups is 1. The van der Waals surface area contributed by atoms with Gasteiger partial charge in [0.2, 0.25) is 5.91 Å². The maximum absolute atomic E-state index is 12.3. The number of carbonyl (C=O) groups is 1. The Bertz CT molecular complexity index is 873. The lowest BCUT2D eigenvalue weighted by molar-refractivity contribution is -0.115. The van der Waals surface area contributed by atoms with E-state index >= 15 is 0 Å². The molecule has 0 bridgehead atoms. The second kappa shape index (κ2) is 7.50. The molecule has 0 radical (unpaired) electrons. The molecule has 0 saturated heterocycles. The number of hydrogen-bond donors (Lipinski definition) is 1. The number of fused-ring (bicyclic) bond motifs is 1. The number of carbonyl (C=O) groups excluding carboxylic acids is 1. The highest BCUT2D eigenvalue weighted by Gasteiger charge is 2.13. The molecule has 0 unspecified atom stereocenters. The van der Waals surface area contributed by atoms with Crippen molar-refractivity contribution in [3.63, 3.8) is 0 Å². The first-order valence-electron chi connectivity index (χ1n) is 7.42. The first kappa shape index (κ1) is 17.2. The number of amides is 1. The summed E-state index contributed by atoms with van der Waals surface area (Å²) in [5.41, 5.74) is 1.78. The van der Waals surface area contributed by atoms with E-state index in [9.17, 15) is 4.79 Å². The van der Waals surface area contributed by atoms with Gasteiger partial charge in [-0.05, 0) is 38.3 Å². The smallest absolute Gasteiger partial charge is 0.231 e. The maximum atomic E-state index is 12.3. The average Bonchev–Trinajstić information content (AvgIpc) is 3.10. The zero-order valence-corrected chi connectivity index (χ0v) is 16.0. The molecular formula is C16H17N3O2S3. The minimum Gasteiger partial charge on any atom is -0.494 e. The van der Waals surface area contributed by atoms with E-state index in [-0.39, 0.29) is 5.91 Å². The lowest BCUT2D eigenvalue weighted by Gasteiger charge is -2.00. The molecule has 24 heavy (non-hydrogen) atoms. The topological polar surface area (TPSA) is 64.1 Å². The van der Waals surface area contributed by atoms with Crippen LogP contribution in [0.2, 0.25) is 0 Å². The molecule has 2 heterocycles. The Hall–Kier alpha value is -1.64. The van der Waals surface area contributed by atoms with Gasteiger partial charge in [-0.1, -0.05) is 23.1 Å². The van der Waals surface area contributed by atoms with Gasteiger partial charge in [-0.25, -0.2) is 9.97 Å². The van der Waals surface area contributed by atoms with Crippen molar-refractivity contribution in [2.75, 3.05) is 18.2 Å². The van der Waals surface area contributed by atoms with Crippen LogP contribution in [0.3, 0.4) is 0 Å². The number of benzene rings is 1. The predicted octanol–water partition coefficient (Wildman–Crippen LogP) is 4.36. The van der Waals surface area contributed by atoms with Gasteiger partial charge in [-0.3, -0.25) is 4.79 Å². The van der Waals surface area contributed by atoms with Gasteiger partial charge in [0.05, 0.1) is 28.9 Å². The molecule has 1 N–H and O–H groups in total. The molecule has 126 valence electrons. The fraction of sp³-hybridized carbons (Fsp3) is 0.312. The minimum atomic E-state index is -0.0708. The SMILES string of the molecule is CCOc1ccc2nc(NC(=O)Cc3sc(SC)nc3C)sc2c1. The van der Waals surface area contributed by atoms with E-state index in [1.54, 1.807) is 23.1 Å². The summed E-state index contributed by atoms with van der Waals surface area (Å²) in [5.74, 6) is 0.745. The predicted molar refractivity (Wildman–Crippen MR) is 102 cm³/mol. The maximum Gasteiger partial charge on any atom is 0.231 e. The van der Waals surface area contributed by atoms with Crippen LogP contribution in [0.5, 0.6) is 5.75 Å². The zero-order valence-electron chi connectivity index (χ0n) is 13.6. The number of hydrogen-bond acceptors (Lipinski definition) is 7. The van der Waals surface area contributed by atoms with E-state index in [0.29, 0.717) is 18.2 Å². The van der Waals surface area contributed by atoms with Crippen LogP contribution < -0.4 is 10.1 Å². The van der Waals surface area contributed by atoms with Gasteiger partial charge >= 0.3 is 0 Å². The quantitative estimate of drug-likeness (QED) is 0.645. The third-order valence-corrected chi connectivity index (χ3v) is 6.36. The summed E-state index contributed by atoms with van der Waals surface area (Å²) in [5, 5.41) is 3.49. The largest absolute Gasteiger partial charge is 0.494 e. The Morgan fingerprint density at radius 1 is 1.33 bits per heavy atom. The lowest BCUT2D eigenvalue weighted by Crippen LogP contribution is -2.13. The summed E-state index contributed by atoms with van der Waals surface area (Å²) in [6, 6.07) is 5.75. The van der Waals surface area contributed by atoms with Gasteiger partial charge in [0.1, 0.15) is 10.1 Å². The number of anilines is 1. The number of ether oxygens (including phenoxy) is 1. The highest BCUT2D eigenvalue weighted by Crippen LogP contribution is 2.30. The first-order chi connectivity index (χ1) is 11.6. The molecule has 0 aliphatic rings. The van der Waals surface area contributed by atoms with Gasteiger partial charge in [0.15, 0.2) is 5.13 Å². The summed E-state index contributed by atoms with van der Waals surface area (Å²) in [6.45, 7) is 4.51. The minimum absolute atomic E-state index is 0.0708. The summed E-state index contributed by atoms with van der Waals surface area (Å²) < 4.78 is 7.47. The van der Waals surface area contributed by atoms with Gasteiger partial charge in [0, 0.05) is 4.88 Å². The third-order valence-electron chi connectivity index (χ3n) is 3.29. The first-order valence-corrected chi connectivity index (χ1v) is 10.3. The molecule has 1 amide bonds. The second-order valence-corrected chi connectivity index (χ2v) is 8.17. The molecule has 3 rings (SSSR count). The Balaban J connectivity index is 1.71. The van der Waals surface area contributed by atoms with Gasteiger partial charge in [0.25, 0.3) is 0 Å². The number of thiazole rings is 2. The number of nitrogens with zero attached hydrogens (tertiary/aromatic N) is 2. The Labute approximate surface area is 152 Å². The molecule has 0 saturated carbocycles. The fourth-order valence-corrected chi connectivity index (χ4v) is 4.74. The van der Waals surface area contributed by atoms with E-state index in [1.165, 1.54) is 11.3 Å². The Morgan fingerprint density at radius 3 is 2.88 bits per heavy atom.